The summed E-state index contributed by atoms with van der Waals surface area (Å²) < 4.78 is 5.02. The van der Waals surface area contributed by atoms with Crippen LogP contribution in [0.25, 0.3) is 0 Å². The van der Waals surface area contributed by atoms with Crippen LogP contribution in [0.3, 0.4) is 0 Å². The molecule has 6 heteroatoms. The maximum atomic E-state index is 12.6. The molecule has 0 fully saturated rings. The summed E-state index contributed by atoms with van der Waals surface area (Å²) in [5, 5.41) is 0. The van der Waals surface area contributed by atoms with Crippen LogP contribution in [-0.2, 0) is 19.1 Å². The predicted octanol–water partition coefficient (Wildman–Crippen LogP) is 1.15. The van der Waals surface area contributed by atoms with Gasteiger partial charge in [-0.25, -0.2) is 0 Å². The largest absolute Gasteiger partial charge is 0.465 e. The molecule has 21 heavy (non-hydrogen) atoms. The van der Waals surface area contributed by atoms with Gasteiger partial charge in [0.25, 0.3) is 0 Å². The summed E-state index contributed by atoms with van der Waals surface area (Å²) in [4.78, 5) is 39.4. The molecule has 0 heterocycles. The zero-order chi connectivity index (χ0) is 16.8. The first-order chi connectivity index (χ1) is 9.56. The summed E-state index contributed by atoms with van der Waals surface area (Å²) in [5.41, 5.74) is -0.572. The molecule has 0 aliphatic heterocycles. The number of hydrogen-bond donors (Lipinski definition) is 0. The fourth-order valence-electron chi connectivity index (χ4n) is 1.88. The van der Waals surface area contributed by atoms with Crippen molar-refractivity contribution in [3.05, 3.63) is 0 Å². The second-order valence-electron chi connectivity index (χ2n) is 6.19. The summed E-state index contributed by atoms with van der Waals surface area (Å²) in [6.07, 6.45) is 0. The van der Waals surface area contributed by atoms with Crippen LogP contribution in [0.5, 0.6) is 0 Å². The Morgan fingerprint density at radius 2 is 1.62 bits per heavy atom. The fraction of sp³-hybridized carbons (Fsp3) is 0.800. The van der Waals surface area contributed by atoms with Gasteiger partial charge in [-0.15, -0.1) is 0 Å². The molecular formula is C15H28N2O4. The zero-order valence-electron chi connectivity index (χ0n) is 14.2. The highest BCUT2D eigenvalue weighted by molar-refractivity contribution is 5.99. The first kappa shape index (κ1) is 19.4. The van der Waals surface area contributed by atoms with Crippen molar-refractivity contribution >= 4 is 17.8 Å². The fourth-order valence-corrected chi connectivity index (χ4v) is 1.88. The summed E-state index contributed by atoms with van der Waals surface area (Å²) in [5.74, 6) is -1.99. The van der Waals surface area contributed by atoms with E-state index in [-0.39, 0.29) is 25.0 Å². The summed E-state index contributed by atoms with van der Waals surface area (Å²) in [7, 11) is 3.26. The van der Waals surface area contributed by atoms with Crippen LogP contribution in [0.2, 0.25) is 0 Å². The third-order valence-corrected chi connectivity index (χ3v) is 3.15. The molecule has 0 aromatic heterocycles. The topological polar surface area (TPSA) is 66.9 Å². The van der Waals surface area contributed by atoms with Gasteiger partial charge in [-0.3, -0.25) is 14.4 Å². The van der Waals surface area contributed by atoms with Gasteiger partial charge in [-0.2, -0.15) is 0 Å². The van der Waals surface area contributed by atoms with Crippen LogP contribution in [0.4, 0.5) is 0 Å². The average molecular weight is 300 g/mol. The molecule has 1 unspecified atom stereocenters. The van der Waals surface area contributed by atoms with Crippen molar-refractivity contribution in [3.8, 4) is 0 Å². The second-order valence-corrected chi connectivity index (χ2v) is 6.19. The number of likely N-dealkylation sites (N-methyl/N-ethyl adjacent to an activating group) is 2. The van der Waals surface area contributed by atoms with Crippen molar-refractivity contribution in [3.63, 3.8) is 0 Å². The van der Waals surface area contributed by atoms with Gasteiger partial charge >= 0.3 is 5.97 Å². The van der Waals surface area contributed by atoms with Crippen molar-refractivity contribution in [2.24, 2.45) is 11.3 Å². The van der Waals surface area contributed by atoms with Crippen molar-refractivity contribution in [2.45, 2.75) is 34.6 Å². The Morgan fingerprint density at radius 3 is 1.95 bits per heavy atom. The van der Waals surface area contributed by atoms with Gasteiger partial charge in [-0.1, -0.05) is 20.8 Å². The molecule has 122 valence electrons. The van der Waals surface area contributed by atoms with Crippen LogP contribution < -0.4 is 0 Å². The van der Waals surface area contributed by atoms with E-state index in [2.05, 4.69) is 0 Å². The predicted molar refractivity (Wildman–Crippen MR) is 80.5 cm³/mol. The SMILES string of the molecule is CCOC(=O)C(C(=O)N(CC)CC(=O)N(C)C)C(C)(C)C. The monoisotopic (exact) mass is 300 g/mol. The van der Waals surface area contributed by atoms with E-state index in [4.69, 9.17) is 4.74 Å². The molecule has 6 nitrogen and oxygen atoms in total. The van der Waals surface area contributed by atoms with E-state index in [1.54, 1.807) is 27.9 Å². The Hall–Kier alpha value is -1.59. The van der Waals surface area contributed by atoms with E-state index in [0.717, 1.165) is 0 Å². The molecule has 0 rings (SSSR count). The molecule has 0 saturated carbocycles. The number of carbonyl (C=O) groups excluding carboxylic acids is 3. The lowest BCUT2D eigenvalue weighted by Crippen LogP contribution is -2.48. The van der Waals surface area contributed by atoms with E-state index in [1.807, 2.05) is 20.8 Å². The molecule has 0 aromatic carbocycles. The van der Waals surface area contributed by atoms with Crippen LogP contribution in [0.1, 0.15) is 34.6 Å². The number of hydrogen-bond acceptors (Lipinski definition) is 4. The number of ether oxygens (including phenoxy) is 1. The van der Waals surface area contributed by atoms with Gasteiger partial charge in [0, 0.05) is 20.6 Å². The molecule has 2 amide bonds. The molecule has 1 atom stereocenters. The lowest BCUT2D eigenvalue weighted by molar-refractivity contribution is -0.161. The highest BCUT2D eigenvalue weighted by atomic mass is 16.5. The van der Waals surface area contributed by atoms with E-state index in [1.165, 1.54) is 9.80 Å². The Morgan fingerprint density at radius 1 is 1.10 bits per heavy atom. The molecule has 0 aliphatic rings. The molecule has 0 aromatic rings. The Balaban J connectivity index is 5.25. The van der Waals surface area contributed by atoms with E-state index in [9.17, 15) is 14.4 Å². The van der Waals surface area contributed by atoms with Crippen LogP contribution in [0.15, 0.2) is 0 Å². The first-order valence-corrected chi connectivity index (χ1v) is 7.21. The van der Waals surface area contributed by atoms with Gasteiger partial charge in [0.05, 0.1) is 13.2 Å². The third-order valence-electron chi connectivity index (χ3n) is 3.15. The normalized spacial score (nSPS) is 12.5. The minimum absolute atomic E-state index is 0.0334. The highest BCUT2D eigenvalue weighted by Gasteiger charge is 2.41. The smallest absolute Gasteiger partial charge is 0.319 e. The Kier molecular flexibility index (Phi) is 7.39. The molecule has 0 aliphatic carbocycles. The molecular weight excluding hydrogens is 272 g/mol. The van der Waals surface area contributed by atoms with Gasteiger partial charge in [-0.05, 0) is 19.3 Å². The number of nitrogens with zero attached hydrogens (tertiary/aromatic N) is 2. The van der Waals surface area contributed by atoms with Gasteiger partial charge in [0.2, 0.25) is 11.8 Å². The lowest BCUT2D eigenvalue weighted by atomic mass is 9.79. The average Bonchev–Trinajstić information content (AvgIpc) is 2.33. The standard InChI is InChI=1S/C15H28N2O4/c1-8-17(10-11(18)16(6)7)13(19)12(15(3,4)5)14(20)21-9-2/h12H,8-10H2,1-7H3. The van der Waals surface area contributed by atoms with Crippen molar-refractivity contribution in [2.75, 3.05) is 33.8 Å². The van der Waals surface area contributed by atoms with Crippen LogP contribution >= 0.6 is 0 Å². The molecule has 0 saturated heterocycles. The van der Waals surface area contributed by atoms with Crippen LogP contribution in [-0.4, -0.2) is 61.4 Å². The summed E-state index contributed by atoms with van der Waals surface area (Å²) in [6, 6.07) is 0. The number of esters is 1. The second kappa shape index (κ2) is 8.00. The van der Waals surface area contributed by atoms with E-state index >= 15 is 0 Å². The molecule has 0 N–H and O–H groups in total. The zero-order valence-corrected chi connectivity index (χ0v) is 14.2. The third kappa shape index (κ3) is 5.73. The van der Waals surface area contributed by atoms with Gasteiger partial charge in [0.15, 0.2) is 0 Å². The quantitative estimate of drug-likeness (QED) is 0.545. The summed E-state index contributed by atoms with van der Waals surface area (Å²) >= 11 is 0. The number of carbonyl (C=O) groups is 3. The minimum atomic E-state index is -0.910. The van der Waals surface area contributed by atoms with Gasteiger partial charge in [0.1, 0.15) is 5.92 Å². The van der Waals surface area contributed by atoms with Crippen molar-refractivity contribution in [1.82, 2.24) is 9.80 Å². The maximum Gasteiger partial charge on any atom is 0.319 e. The molecule has 0 spiro atoms. The molecule has 0 radical (unpaired) electrons. The van der Waals surface area contributed by atoms with E-state index in [0.29, 0.717) is 6.54 Å². The molecule has 0 bridgehead atoms. The Bertz CT molecular complexity index is 386. The van der Waals surface area contributed by atoms with Crippen molar-refractivity contribution < 1.29 is 19.1 Å². The maximum absolute atomic E-state index is 12.6. The summed E-state index contributed by atoms with van der Waals surface area (Å²) in [6.45, 7) is 9.48. The van der Waals surface area contributed by atoms with Gasteiger partial charge < -0.3 is 14.5 Å². The number of rotatable bonds is 6. The van der Waals surface area contributed by atoms with Crippen LogP contribution in [0, 0.1) is 11.3 Å². The number of amides is 2. The first-order valence-electron chi connectivity index (χ1n) is 7.21. The lowest BCUT2D eigenvalue weighted by Gasteiger charge is -2.32. The Labute approximate surface area is 127 Å². The van der Waals surface area contributed by atoms with E-state index < -0.39 is 17.3 Å². The minimum Gasteiger partial charge on any atom is -0.465 e. The van der Waals surface area contributed by atoms with Crippen molar-refractivity contribution in [1.29, 1.82) is 0 Å². The highest BCUT2D eigenvalue weighted by Crippen LogP contribution is 2.29.